The van der Waals surface area contributed by atoms with Crippen molar-refractivity contribution >= 4 is 43.8 Å². The highest BCUT2D eigenvalue weighted by atomic mass is 79.9. The number of nitrogens with one attached hydrogen (secondary N) is 1. The Morgan fingerprint density at radius 2 is 1.73 bits per heavy atom. The third kappa shape index (κ3) is 5.66. The van der Waals surface area contributed by atoms with Gasteiger partial charge in [0.2, 0.25) is 11.7 Å². The van der Waals surface area contributed by atoms with Crippen LogP contribution < -0.4 is 19.5 Å². The molecular weight excluding hydrogens is 595 g/mol. The largest absolute Gasteiger partial charge is 0.493 e. The highest BCUT2D eigenvalue weighted by Gasteiger charge is 2.20. The van der Waals surface area contributed by atoms with Crippen molar-refractivity contribution in [1.82, 2.24) is 24.3 Å². The molecule has 0 aliphatic heterocycles. The molecule has 0 atom stereocenters. The molecule has 5 rings (SSSR count). The van der Waals surface area contributed by atoms with Crippen molar-refractivity contribution in [2.45, 2.75) is 33.0 Å². The number of rotatable bonds is 12. The van der Waals surface area contributed by atoms with Gasteiger partial charge in [-0.1, -0.05) is 0 Å². The number of benzene rings is 2. The second kappa shape index (κ2) is 12.3. The van der Waals surface area contributed by atoms with Gasteiger partial charge in [0.15, 0.2) is 11.5 Å². The lowest BCUT2D eigenvalue weighted by Gasteiger charge is -2.14. The number of ether oxygens (including phenoxy) is 4. The fourth-order valence-electron chi connectivity index (χ4n) is 4.84. The Labute approximate surface area is 245 Å². The molecule has 1 N–H and O–H groups in total. The maximum absolute atomic E-state index is 14.7. The molecule has 0 fully saturated rings. The van der Waals surface area contributed by atoms with E-state index in [1.54, 1.807) is 40.6 Å². The van der Waals surface area contributed by atoms with E-state index in [4.69, 9.17) is 34.0 Å². The van der Waals surface area contributed by atoms with Crippen molar-refractivity contribution < 1.29 is 23.3 Å². The molecule has 0 spiro atoms. The summed E-state index contributed by atoms with van der Waals surface area (Å²) in [6.45, 7) is 4.36. The first kappa shape index (κ1) is 28.6. The minimum absolute atomic E-state index is 0.328. The first-order chi connectivity index (χ1) is 19.9. The van der Waals surface area contributed by atoms with Crippen LogP contribution in [-0.4, -0.2) is 59.4 Å². The van der Waals surface area contributed by atoms with Gasteiger partial charge < -0.3 is 28.8 Å². The summed E-state index contributed by atoms with van der Waals surface area (Å²) >= 11 is 3.36. The molecule has 0 bridgehead atoms. The number of hydrogen-bond donors (Lipinski definition) is 1. The van der Waals surface area contributed by atoms with E-state index in [-0.39, 0.29) is 5.82 Å². The van der Waals surface area contributed by atoms with Crippen LogP contribution in [0, 0.1) is 5.82 Å². The molecule has 0 unspecified atom stereocenters. The van der Waals surface area contributed by atoms with Crippen LogP contribution in [0.25, 0.3) is 33.2 Å². The zero-order valence-corrected chi connectivity index (χ0v) is 25.2. The number of aromatic nitrogens is 5. The van der Waals surface area contributed by atoms with Crippen LogP contribution in [0.15, 0.2) is 41.1 Å². The van der Waals surface area contributed by atoms with E-state index >= 15 is 0 Å². The number of fused-ring (bicyclic) bond motifs is 2. The molecule has 0 radical (unpaired) electrons. The van der Waals surface area contributed by atoms with Gasteiger partial charge in [0, 0.05) is 50.5 Å². The Balaban J connectivity index is 1.60. The third-order valence-corrected chi connectivity index (χ3v) is 7.44. The smallest absolute Gasteiger partial charge is 0.224 e. The fourth-order valence-corrected chi connectivity index (χ4v) is 5.19. The number of nitrogens with zero attached hydrogens (tertiary/aromatic N) is 5. The van der Waals surface area contributed by atoms with Crippen molar-refractivity contribution in [2.24, 2.45) is 0 Å². The predicted molar refractivity (Wildman–Crippen MR) is 160 cm³/mol. The van der Waals surface area contributed by atoms with Crippen molar-refractivity contribution in [1.29, 1.82) is 0 Å². The maximum Gasteiger partial charge on any atom is 0.224 e. The predicted octanol–water partition coefficient (Wildman–Crippen LogP) is 6.04. The third-order valence-electron chi connectivity index (χ3n) is 6.84. The van der Waals surface area contributed by atoms with E-state index < -0.39 is 0 Å². The summed E-state index contributed by atoms with van der Waals surface area (Å²) in [6.07, 6.45) is 4.68. The molecule has 0 saturated heterocycles. The molecule has 216 valence electrons. The summed E-state index contributed by atoms with van der Waals surface area (Å²) in [5, 5.41) is 8.97. The lowest BCUT2D eigenvalue weighted by atomic mass is 10.1. The summed E-state index contributed by atoms with van der Waals surface area (Å²) in [5.41, 5.74) is 4.52. The number of aryl methyl sites for hydroxylation is 2. The van der Waals surface area contributed by atoms with Gasteiger partial charge in [0.1, 0.15) is 22.5 Å². The Hall–Kier alpha value is -3.90. The molecular formula is C29H32BrFN6O4. The highest BCUT2D eigenvalue weighted by Crippen LogP contribution is 2.39. The average molecular weight is 628 g/mol. The van der Waals surface area contributed by atoms with Crippen LogP contribution in [0.2, 0.25) is 0 Å². The van der Waals surface area contributed by atoms with Crippen LogP contribution in [0.1, 0.15) is 18.9 Å². The molecule has 3 aromatic heterocycles. The van der Waals surface area contributed by atoms with Crippen LogP contribution in [0.3, 0.4) is 0 Å². The molecule has 0 saturated carbocycles. The van der Waals surface area contributed by atoms with Gasteiger partial charge in [-0.05, 0) is 59.1 Å². The van der Waals surface area contributed by atoms with Gasteiger partial charge in [-0.3, -0.25) is 4.68 Å². The topological polar surface area (TPSA) is 97.5 Å². The molecule has 12 heteroatoms. The van der Waals surface area contributed by atoms with E-state index in [1.165, 1.54) is 0 Å². The minimum atomic E-state index is -0.328. The minimum Gasteiger partial charge on any atom is -0.493 e. The van der Waals surface area contributed by atoms with Gasteiger partial charge in [-0.25, -0.2) is 14.4 Å². The van der Waals surface area contributed by atoms with Crippen LogP contribution in [-0.2, 0) is 24.4 Å². The standard InChI is InChI=1S/C29H32BrFN6O4/c1-6-37-16-22-27(35-37)26(19-15-36(8-7-9-38-2)23-13-21(31)20(30)12-18(19)23)34-29(33-22)32-14-17-10-24(39-3)28(41-5)25(11-17)40-4/h10-13,15-16H,6-9,14H2,1-5H3,(H,32,33). The zero-order valence-electron chi connectivity index (χ0n) is 23.6. The number of halogens is 2. The van der Waals surface area contributed by atoms with Gasteiger partial charge >= 0.3 is 0 Å². The van der Waals surface area contributed by atoms with E-state index in [9.17, 15) is 4.39 Å². The zero-order chi connectivity index (χ0) is 29.1. The Morgan fingerprint density at radius 3 is 2.39 bits per heavy atom. The first-order valence-electron chi connectivity index (χ1n) is 13.2. The second-order valence-corrected chi connectivity index (χ2v) is 10.2. The Bertz CT molecular complexity index is 1680. The van der Waals surface area contributed by atoms with Crippen molar-refractivity contribution in [2.75, 3.05) is 40.4 Å². The van der Waals surface area contributed by atoms with Crippen molar-refractivity contribution in [3.05, 3.63) is 52.5 Å². The molecule has 10 nitrogen and oxygen atoms in total. The molecule has 41 heavy (non-hydrogen) atoms. The quantitative estimate of drug-likeness (QED) is 0.167. The highest BCUT2D eigenvalue weighted by molar-refractivity contribution is 9.10. The molecule has 0 aliphatic rings. The summed E-state index contributed by atoms with van der Waals surface area (Å²) in [5.74, 6) is 1.74. The van der Waals surface area contributed by atoms with Crippen LogP contribution in [0.5, 0.6) is 17.2 Å². The summed E-state index contributed by atoms with van der Waals surface area (Å²) in [7, 11) is 6.41. The van der Waals surface area contributed by atoms with E-state index in [2.05, 4.69) is 21.2 Å². The molecule has 5 aromatic rings. The van der Waals surface area contributed by atoms with Crippen LogP contribution in [0.4, 0.5) is 10.3 Å². The van der Waals surface area contributed by atoms with Gasteiger partial charge in [0.05, 0.1) is 37.5 Å². The number of hydrogen-bond acceptors (Lipinski definition) is 8. The van der Waals surface area contributed by atoms with Crippen LogP contribution >= 0.6 is 15.9 Å². The number of methoxy groups -OCH3 is 4. The monoisotopic (exact) mass is 626 g/mol. The summed E-state index contributed by atoms with van der Waals surface area (Å²) in [4.78, 5) is 9.69. The SMILES string of the molecule is CCn1cc2nc(NCc3cc(OC)c(OC)c(OC)c3)nc(-c3cn(CCCOC)c4cc(F)c(Br)cc34)c2n1. The molecule has 3 heterocycles. The van der Waals surface area contributed by atoms with Gasteiger partial charge in [-0.15, -0.1) is 0 Å². The lowest BCUT2D eigenvalue weighted by molar-refractivity contribution is 0.190. The average Bonchev–Trinajstić information content (AvgIpc) is 3.56. The van der Waals surface area contributed by atoms with Crippen molar-refractivity contribution in [3.63, 3.8) is 0 Å². The lowest BCUT2D eigenvalue weighted by Crippen LogP contribution is -2.06. The van der Waals surface area contributed by atoms with Gasteiger partial charge in [0.25, 0.3) is 0 Å². The fraction of sp³-hybridized carbons (Fsp3) is 0.345. The Morgan fingerprint density at radius 1 is 0.976 bits per heavy atom. The maximum atomic E-state index is 14.7. The normalized spacial score (nSPS) is 11.4. The first-order valence-corrected chi connectivity index (χ1v) is 13.9. The summed E-state index contributed by atoms with van der Waals surface area (Å²) < 4.78 is 40.6. The van der Waals surface area contributed by atoms with E-state index in [0.717, 1.165) is 28.5 Å². The molecule has 0 amide bonds. The van der Waals surface area contributed by atoms with E-state index in [0.29, 0.717) is 70.6 Å². The second-order valence-electron chi connectivity index (χ2n) is 9.37. The summed E-state index contributed by atoms with van der Waals surface area (Å²) in [6, 6.07) is 7.09. The van der Waals surface area contributed by atoms with E-state index in [1.807, 2.05) is 40.7 Å². The molecule has 2 aromatic carbocycles. The number of anilines is 1. The van der Waals surface area contributed by atoms with Gasteiger partial charge in [-0.2, -0.15) is 5.10 Å². The Kier molecular flexibility index (Phi) is 8.60. The van der Waals surface area contributed by atoms with Crippen molar-refractivity contribution in [3.8, 4) is 28.5 Å². The molecule has 0 aliphatic carbocycles.